The van der Waals surface area contributed by atoms with Gasteiger partial charge in [-0.05, 0) is 24.6 Å². The Balaban J connectivity index is 2.44. The molecule has 0 saturated heterocycles. The summed E-state index contributed by atoms with van der Waals surface area (Å²) in [6, 6.07) is 5.93. The summed E-state index contributed by atoms with van der Waals surface area (Å²) in [5.41, 5.74) is -0.134. The molecule has 104 valence electrons. The van der Waals surface area contributed by atoms with Crippen LogP contribution < -0.4 is 10.1 Å². The van der Waals surface area contributed by atoms with Crippen LogP contribution in [0.2, 0.25) is 0 Å². The molecule has 0 aliphatic rings. The minimum atomic E-state index is -0.700. The number of halogens is 1. The van der Waals surface area contributed by atoms with Crippen LogP contribution >= 0.6 is 0 Å². The highest BCUT2D eigenvalue weighted by atomic mass is 19.1. The predicted octanol–water partition coefficient (Wildman–Crippen LogP) is 1.68. The second-order valence-electron chi connectivity index (χ2n) is 4.74. The zero-order valence-electron chi connectivity index (χ0n) is 11.2. The molecule has 2 N–H and O–H groups in total. The Morgan fingerprint density at radius 1 is 1.42 bits per heavy atom. The first-order valence-electron chi connectivity index (χ1n) is 6.24. The average molecular weight is 266 g/mol. The molecule has 0 bridgehead atoms. The van der Waals surface area contributed by atoms with Gasteiger partial charge < -0.3 is 15.2 Å². The van der Waals surface area contributed by atoms with Crippen molar-refractivity contribution in [2.24, 2.45) is 5.92 Å². The molecule has 19 heavy (non-hydrogen) atoms. The minimum absolute atomic E-state index is 0.0171. The van der Waals surface area contributed by atoms with Crippen molar-refractivity contribution < 1.29 is 14.2 Å². The Bertz CT molecular complexity index is 444. The average Bonchev–Trinajstić information content (AvgIpc) is 2.36. The van der Waals surface area contributed by atoms with Crippen molar-refractivity contribution in [3.63, 3.8) is 0 Å². The molecule has 1 aromatic carbocycles. The zero-order valence-corrected chi connectivity index (χ0v) is 11.2. The van der Waals surface area contributed by atoms with Crippen molar-refractivity contribution in [2.45, 2.75) is 20.0 Å². The maximum atomic E-state index is 13.3. The largest absolute Gasteiger partial charge is 0.489 e. The summed E-state index contributed by atoms with van der Waals surface area (Å²) >= 11 is 0. The Hall–Kier alpha value is -1.64. The molecule has 0 saturated carbocycles. The van der Waals surface area contributed by atoms with Gasteiger partial charge in [-0.1, -0.05) is 19.9 Å². The molecule has 0 aliphatic carbocycles. The fraction of sp³-hybridized carbons (Fsp3) is 0.500. The monoisotopic (exact) mass is 266 g/mol. The van der Waals surface area contributed by atoms with E-state index in [2.05, 4.69) is 19.2 Å². The first-order chi connectivity index (χ1) is 9.04. The molecule has 0 fully saturated rings. The smallest absolute Gasteiger partial charge is 0.144 e. The molecular formula is C14H19FN2O2. The summed E-state index contributed by atoms with van der Waals surface area (Å²) in [5.74, 6) is 0.0411. The summed E-state index contributed by atoms with van der Waals surface area (Å²) in [6.07, 6.45) is -0.700. The van der Waals surface area contributed by atoms with Crippen LogP contribution in [0, 0.1) is 23.1 Å². The second kappa shape index (κ2) is 7.72. The highest BCUT2D eigenvalue weighted by Crippen LogP contribution is 2.20. The van der Waals surface area contributed by atoms with Crippen LogP contribution in [0.5, 0.6) is 5.75 Å². The van der Waals surface area contributed by atoms with Gasteiger partial charge in [0.1, 0.15) is 35.9 Å². The number of benzene rings is 1. The van der Waals surface area contributed by atoms with Gasteiger partial charge in [0.2, 0.25) is 0 Å². The van der Waals surface area contributed by atoms with Gasteiger partial charge in [-0.3, -0.25) is 0 Å². The lowest BCUT2D eigenvalue weighted by Gasteiger charge is -2.15. The Kier molecular flexibility index (Phi) is 6.26. The van der Waals surface area contributed by atoms with Gasteiger partial charge in [-0.2, -0.15) is 5.26 Å². The quantitative estimate of drug-likeness (QED) is 0.788. The lowest BCUT2D eigenvalue weighted by molar-refractivity contribution is 0.105. The van der Waals surface area contributed by atoms with E-state index in [0.717, 1.165) is 6.54 Å². The lowest BCUT2D eigenvalue weighted by Crippen LogP contribution is -2.33. The SMILES string of the molecule is CC(C)CNCC(O)COc1cccc(F)c1C#N. The zero-order chi connectivity index (χ0) is 14.3. The van der Waals surface area contributed by atoms with Crippen molar-refractivity contribution in [3.05, 3.63) is 29.6 Å². The number of rotatable bonds is 7. The fourth-order valence-corrected chi connectivity index (χ4v) is 1.52. The van der Waals surface area contributed by atoms with Gasteiger partial charge in [0.05, 0.1) is 0 Å². The number of ether oxygens (including phenoxy) is 1. The Morgan fingerprint density at radius 2 is 2.16 bits per heavy atom. The highest BCUT2D eigenvalue weighted by Gasteiger charge is 2.11. The molecule has 0 heterocycles. The molecule has 5 heteroatoms. The van der Waals surface area contributed by atoms with Crippen molar-refractivity contribution in [1.82, 2.24) is 5.32 Å². The number of aliphatic hydroxyl groups excluding tert-OH is 1. The van der Waals surface area contributed by atoms with Crippen LogP contribution in [-0.4, -0.2) is 30.9 Å². The van der Waals surface area contributed by atoms with Crippen molar-refractivity contribution in [1.29, 1.82) is 5.26 Å². The lowest BCUT2D eigenvalue weighted by atomic mass is 10.2. The summed E-state index contributed by atoms with van der Waals surface area (Å²) in [6.45, 7) is 5.36. The van der Waals surface area contributed by atoms with Crippen molar-refractivity contribution in [2.75, 3.05) is 19.7 Å². The first-order valence-corrected chi connectivity index (χ1v) is 6.24. The van der Waals surface area contributed by atoms with E-state index in [9.17, 15) is 9.50 Å². The molecule has 1 unspecified atom stereocenters. The van der Waals surface area contributed by atoms with E-state index in [1.54, 1.807) is 6.07 Å². The number of nitriles is 1. The van der Waals surface area contributed by atoms with Gasteiger partial charge >= 0.3 is 0 Å². The minimum Gasteiger partial charge on any atom is -0.489 e. The molecule has 0 aliphatic heterocycles. The highest BCUT2D eigenvalue weighted by molar-refractivity contribution is 5.43. The molecule has 0 aromatic heterocycles. The normalized spacial score (nSPS) is 12.2. The summed E-state index contributed by atoms with van der Waals surface area (Å²) in [7, 11) is 0. The van der Waals surface area contributed by atoms with E-state index >= 15 is 0 Å². The number of nitrogens with one attached hydrogen (secondary N) is 1. The summed E-state index contributed by atoms with van der Waals surface area (Å²) < 4.78 is 18.6. The maximum Gasteiger partial charge on any atom is 0.144 e. The van der Waals surface area contributed by atoms with Crippen molar-refractivity contribution in [3.8, 4) is 11.8 Å². The van der Waals surface area contributed by atoms with Gasteiger partial charge in [0.25, 0.3) is 0 Å². The van der Waals surface area contributed by atoms with Gasteiger partial charge in [0.15, 0.2) is 0 Å². The van der Waals surface area contributed by atoms with Crippen LogP contribution in [0.3, 0.4) is 0 Å². The van der Waals surface area contributed by atoms with Crippen LogP contribution in [0.1, 0.15) is 19.4 Å². The first kappa shape index (κ1) is 15.4. The van der Waals surface area contributed by atoms with Gasteiger partial charge in [-0.15, -0.1) is 0 Å². The molecule has 0 radical (unpaired) electrons. The van der Waals surface area contributed by atoms with E-state index in [4.69, 9.17) is 10.00 Å². The Labute approximate surface area is 112 Å². The molecule has 0 amide bonds. The van der Waals surface area contributed by atoms with Crippen LogP contribution in [0.25, 0.3) is 0 Å². The third-order valence-electron chi connectivity index (χ3n) is 2.45. The molecular weight excluding hydrogens is 247 g/mol. The molecule has 1 aromatic rings. The number of hydrogen-bond donors (Lipinski definition) is 2. The molecule has 4 nitrogen and oxygen atoms in total. The molecule has 1 rings (SSSR count). The predicted molar refractivity (Wildman–Crippen MR) is 70.3 cm³/mol. The summed E-state index contributed by atoms with van der Waals surface area (Å²) in [5, 5.41) is 21.6. The van der Waals surface area contributed by atoms with Gasteiger partial charge in [0, 0.05) is 6.54 Å². The third-order valence-corrected chi connectivity index (χ3v) is 2.45. The van der Waals surface area contributed by atoms with E-state index in [1.165, 1.54) is 18.2 Å². The maximum absolute atomic E-state index is 13.3. The van der Waals surface area contributed by atoms with Crippen molar-refractivity contribution >= 4 is 0 Å². The third kappa shape index (κ3) is 5.25. The summed E-state index contributed by atoms with van der Waals surface area (Å²) in [4.78, 5) is 0. The topological polar surface area (TPSA) is 65.3 Å². The standard InChI is InChI=1S/C14H19FN2O2/c1-10(2)7-17-8-11(18)9-19-14-5-3-4-13(15)12(14)6-16/h3-5,10-11,17-18H,7-9H2,1-2H3. The van der Waals surface area contributed by atoms with Crippen LogP contribution in [0.15, 0.2) is 18.2 Å². The number of nitrogens with zero attached hydrogens (tertiary/aromatic N) is 1. The van der Waals surface area contributed by atoms with E-state index in [1.807, 2.05) is 0 Å². The Morgan fingerprint density at radius 3 is 2.79 bits per heavy atom. The van der Waals surface area contributed by atoms with E-state index < -0.39 is 11.9 Å². The fourth-order valence-electron chi connectivity index (χ4n) is 1.52. The number of hydrogen-bond acceptors (Lipinski definition) is 4. The van der Waals surface area contributed by atoms with E-state index in [-0.39, 0.29) is 17.9 Å². The van der Waals surface area contributed by atoms with Gasteiger partial charge in [-0.25, -0.2) is 4.39 Å². The molecule has 1 atom stereocenters. The second-order valence-corrected chi connectivity index (χ2v) is 4.74. The number of aliphatic hydroxyl groups is 1. The van der Waals surface area contributed by atoms with E-state index in [0.29, 0.717) is 12.5 Å². The van der Waals surface area contributed by atoms with Crippen LogP contribution in [-0.2, 0) is 0 Å². The molecule has 0 spiro atoms. The van der Waals surface area contributed by atoms with Crippen LogP contribution in [0.4, 0.5) is 4.39 Å².